The Morgan fingerprint density at radius 1 is 1.29 bits per heavy atom. The van der Waals surface area contributed by atoms with Crippen molar-refractivity contribution >= 4 is 10.8 Å². The SMILES string of the molecule is CN1CCc2c(C#N)c3ccccc3c(=O)n21. The molecule has 2 aromatic rings. The van der Waals surface area contributed by atoms with Crippen LogP contribution in [-0.4, -0.2) is 18.3 Å². The lowest BCUT2D eigenvalue weighted by Gasteiger charge is -2.16. The molecule has 0 spiro atoms. The maximum absolute atomic E-state index is 12.3. The quantitative estimate of drug-likeness (QED) is 0.672. The third-order valence-corrected chi connectivity index (χ3v) is 3.29. The van der Waals surface area contributed by atoms with E-state index in [1.807, 2.05) is 30.3 Å². The van der Waals surface area contributed by atoms with E-state index in [-0.39, 0.29) is 5.56 Å². The highest BCUT2D eigenvalue weighted by Crippen LogP contribution is 2.22. The molecule has 1 aromatic heterocycles. The molecule has 0 saturated carbocycles. The van der Waals surface area contributed by atoms with E-state index < -0.39 is 0 Å². The van der Waals surface area contributed by atoms with E-state index in [2.05, 4.69) is 6.07 Å². The Labute approximate surface area is 98.3 Å². The number of benzene rings is 1. The summed E-state index contributed by atoms with van der Waals surface area (Å²) in [5.41, 5.74) is 1.43. The average molecular weight is 225 g/mol. The predicted molar refractivity (Wildman–Crippen MR) is 65.6 cm³/mol. The van der Waals surface area contributed by atoms with Crippen LogP contribution in [0.25, 0.3) is 10.8 Å². The second kappa shape index (κ2) is 3.36. The van der Waals surface area contributed by atoms with Crippen LogP contribution in [0.3, 0.4) is 0 Å². The van der Waals surface area contributed by atoms with Crippen molar-refractivity contribution in [3.05, 3.63) is 45.9 Å². The van der Waals surface area contributed by atoms with E-state index >= 15 is 0 Å². The minimum atomic E-state index is -0.0328. The van der Waals surface area contributed by atoms with E-state index in [4.69, 9.17) is 0 Å². The summed E-state index contributed by atoms with van der Waals surface area (Å²) in [6.45, 7) is 0.778. The van der Waals surface area contributed by atoms with Gasteiger partial charge in [0.25, 0.3) is 5.56 Å². The van der Waals surface area contributed by atoms with E-state index in [1.165, 1.54) is 0 Å². The minimum absolute atomic E-state index is 0.0328. The molecule has 1 aromatic carbocycles. The molecule has 1 aliphatic heterocycles. The highest BCUT2D eigenvalue weighted by Gasteiger charge is 2.23. The molecule has 4 nitrogen and oxygen atoms in total. The molecule has 0 radical (unpaired) electrons. The summed E-state index contributed by atoms with van der Waals surface area (Å²) >= 11 is 0. The third-order valence-electron chi connectivity index (χ3n) is 3.29. The van der Waals surface area contributed by atoms with Gasteiger partial charge in [-0.1, -0.05) is 18.2 Å². The summed E-state index contributed by atoms with van der Waals surface area (Å²) in [6.07, 6.45) is 0.749. The summed E-state index contributed by atoms with van der Waals surface area (Å²) in [6, 6.07) is 9.53. The zero-order chi connectivity index (χ0) is 12.0. The van der Waals surface area contributed by atoms with Gasteiger partial charge in [-0.3, -0.25) is 4.79 Å². The Kier molecular flexibility index (Phi) is 1.96. The van der Waals surface area contributed by atoms with Gasteiger partial charge in [-0.05, 0) is 6.07 Å². The van der Waals surface area contributed by atoms with Gasteiger partial charge < -0.3 is 5.01 Å². The number of hydrogen-bond acceptors (Lipinski definition) is 3. The molecule has 0 aliphatic carbocycles. The van der Waals surface area contributed by atoms with Crippen molar-refractivity contribution in [2.45, 2.75) is 6.42 Å². The number of rotatable bonds is 0. The fraction of sp³-hybridized carbons (Fsp3) is 0.231. The van der Waals surface area contributed by atoms with Crippen LogP contribution in [0.4, 0.5) is 0 Å². The molecule has 1 aliphatic rings. The Bertz CT molecular complexity index is 709. The topological polar surface area (TPSA) is 49.0 Å². The Hall–Kier alpha value is -2.28. The highest BCUT2D eigenvalue weighted by molar-refractivity contribution is 5.88. The van der Waals surface area contributed by atoms with Crippen LogP contribution < -0.4 is 10.6 Å². The fourth-order valence-corrected chi connectivity index (χ4v) is 2.47. The van der Waals surface area contributed by atoms with Crippen LogP contribution in [-0.2, 0) is 6.42 Å². The Morgan fingerprint density at radius 3 is 2.71 bits per heavy atom. The molecule has 17 heavy (non-hydrogen) atoms. The normalized spacial score (nSPS) is 13.8. The van der Waals surface area contributed by atoms with Crippen molar-refractivity contribution in [3.8, 4) is 6.07 Å². The molecule has 84 valence electrons. The van der Waals surface area contributed by atoms with Crippen LogP contribution in [0.1, 0.15) is 11.3 Å². The van der Waals surface area contributed by atoms with Crippen molar-refractivity contribution in [2.24, 2.45) is 0 Å². The number of aromatic nitrogens is 1. The van der Waals surface area contributed by atoms with Crippen molar-refractivity contribution < 1.29 is 0 Å². The third kappa shape index (κ3) is 1.19. The zero-order valence-electron chi connectivity index (χ0n) is 9.47. The maximum Gasteiger partial charge on any atom is 0.277 e. The van der Waals surface area contributed by atoms with Gasteiger partial charge in [-0.15, -0.1) is 0 Å². The first-order valence-electron chi connectivity index (χ1n) is 5.52. The number of hydrogen-bond donors (Lipinski definition) is 0. The fourth-order valence-electron chi connectivity index (χ4n) is 2.47. The van der Waals surface area contributed by atoms with E-state index in [0.29, 0.717) is 10.9 Å². The summed E-state index contributed by atoms with van der Waals surface area (Å²) in [4.78, 5) is 12.3. The summed E-state index contributed by atoms with van der Waals surface area (Å²) < 4.78 is 1.63. The van der Waals surface area contributed by atoms with E-state index in [9.17, 15) is 10.1 Å². The lowest BCUT2D eigenvalue weighted by atomic mass is 10.0. The molecule has 0 N–H and O–H groups in total. The lowest BCUT2D eigenvalue weighted by Crippen LogP contribution is -2.36. The van der Waals surface area contributed by atoms with Gasteiger partial charge in [0.15, 0.2) is 0 Å². The molecule has 0 amide bonds. The number of pyridine rings is 1. The molecule has 3 rings (SSSR count). The second-order valence-electron chi connectivity index (χ2n) is 4.23. The van der Waals surface area contributed by atoms with Crippen LogP contribution in [0.5, 0.6) is 0 Å². The molecule has 0 bridgehead atoms. The molecule has 0 saturated heterocycles. The second-order valence-corrected chi connectivity index (χ2v) is 4.23. The smallest absolute Gasteiger partial charge is 0.277 e. The first-order chi connectivity index (χ1) is 8.24. The zero-order valence-corrected chi connectivity index (χ0v) is 9.47. The first-order valence-corrected chi connectivity index (χ1v) is 5.52. The van der Waals surface area contributed by atoms with Gasteiger partial charge >= 0.3 is 0 Å². The monoisotopic (exact) mass is 225 g/mol. The van der Waals surface area contributed by atoms with Crippen molar-refractivity contribution in [3.63, 3.8) is 0 Å². The lowest BCUT2D eigenvalue weighted by molar-refractivity contribution is 0.706. The summed E-state index contributed by atoms with van der Waals surface area (Å²) in [7, 11) is 1.87. The molecule has 0 unspecified atom stereocenters. The van der Waals surface area contributed by atoms with Crippen LogP contribution in [0, 0.1) is 11.3 Å². The van der Waals surface area contributed by atoms with Crippen molar-refractivity contribution in [1.29, 1.82) is 5.26 Å². The molecular weight excluding hydrogens is 214 g/mol. The van der Waals surface area contributed by atoms with Crippen LogP contribution in [0.15, 0.2) is 29.1 Å². The van der Waals surface area contributed by atoms with Gasteiger partial charge in [0.05, 0.1) is 16.6 Å². The maximum atomic E-state index is 12.3. The first kappa shape index (κ1) is 9.91. The van der Waals surface area contributed by atoms with Gasteiger partial charge in [0.1, 0.15) is 6.07 Å². The molecule has 0 atom stereocenters. The van der Waals surface area contributed by atoms with Crippen molar-refractivity contribution in [2.75, 3.05) is 18.6 Å². The number of likely N-dealkylation sites (N-methyl/N-ethyl adjacent to an activating group) is 1. The molecule has 4 heteroatoms. The van der Waals surface area contributed by atoms with Gasteiger partial charge in [0.2, 0.25) is 0 Å². The Morgan fingerprint density at radius 2 is 2.00 bits per heavy atom. The van der Waals surface area contributed by atoms with Crippen LogP contribution >= 0.6 is 0 Å². The molecule has 2 heterocycles. The standard InChI is InChI=1S/C13H11N3O/c1-15-7-6-12-11(8-14)9-4-2-3-5-10(9)13(17)16(12)15/h2-5H,6-7H2,1H3. The van der Waals surface area contributed by atoms with E-state index in [1.54, 1.807) is 10.7 Å². The highest BCUT2D eigenvalue weighted by atomic mass is 16.1. The molecular formula is C13H11N3O. The predicted octanol–water partition coefficient (Wildman–Crippen LogP) is 0.997. The van der Waals surface area contributed by atoms with E-state index in [0.717, 1.165) is 24.0 Å². The Balaban J connectivity index is 2.57. The number of nitrogens with zero attached hydrogens (tertiary/aromatic N) is 3. The summed E-state index contributed by atoms with van der Waals surface area (Å²) in [5.74, 6) is 0. The van der Waals surface area contributed by atoms with Gasteiger partial charge in [-0.25, -0.2) is 4.68 Å². The summed E-state index contributed by atoms with van der Waals surface area (Å²) in [5, 5.41) is 12.5. The average Bonchev–Trinajstić information content (AvgIpc) is 2.73. The molecule has 0 fully saturated rings. The van der Waals surface area contributed by atoms with Crippen molar-refractivity contribution in [1.82, 2.24) is 4.68 Å². The van der Waals surface area contributed by atoms with Gasteiger partial charge in [-0.2, -0.15) is 5.26 Å². The number of fused-ring (bicyclic) bond motifs is 2. The van der Waals surface area contributed by atoms with Crippen LogP contribution in [0.2, 0.25) is 0 Å². The van der Waals surface area contributed by atoms with Gasteiger partial charge in [0, 0.05) is 25.4 Å². The minimum Gasteiger partial charge on any atom is -0.312 e. The number of nitriles is 1. The largest absolute Gasteiger partial charge is 0.312 e.